The molecule has 0 aromatic heterocycles. The van der Waals surface area contributed by atoms with Gasteiger partial charge in [-0.15, -0.1) is 0 Å². The Bertz CT molecular complexity index is 745. The molecular weight excluding hydrogens is 438 g/mol. The Morgan fingerprint density at radius 2 is 1.79 bits per heavy atom. The van der Waals surface area contributed by atoms with Crippen molar-refractivity contribution in [3.8, 4) is 0 Å². The van der Waals surface area contributed by atoms with Crippen LogP contribution in [0.25, 0.3) is 0 Å². The van der Waals surface area contributed by atoms with Crippen LogP contribution in [0.15, 0.2) is 12.2 Å². The minimum atomic E-state index is -0.771. The Hall–Kier alpha value is -2.42. The summed E-state index contributed by atoms with van der Waals surface area (Å²) in [5.74, 6) is -1.12. The number of fused-ring (bicyclic) bond motifs is 1. The summed E-state index contributed by atoms with van der Waals surface area (Å²) in [6.07, 6.45) is 9.75. The summed E-state index contributed by atoms with van der Waals surface area (Å²) < 4.78 is 10.5. The Kier molecular flexibility index (Phi) is 11.0. The molecule has 2 aliphatic heterocycles. The second-order valence-corrected chi connectivity index (χ2v) is 9.89. The molecule has 0 aromatic rings. The maximum Gasteiger partial charge on any atom is 0.408 e. The molecule has 1 fully saturated rings. The Morgan fingerprint density at radius 1 is 1.06 bits per heavy atom. The molecule has 3 amide bonds. The highest BCUT2D eigenvalue weighted by atomic mass is 16.6. The van der Waals surface area contributed by atoms with Gasteiger partial charge in [-0.2, -0.15) is 0 Å². The van der Waals surface area contributed by atoms with Gasteiger partial charge in [-0.1, -0.05) is 29.9 Å². The molecule has 2 rings (SSSR count). The summed E-state index contributed by atoms with van der Waals surface area (Å²) in [5.41, 5.74) is -0.685. The average Bonchev–Trinajstić information content (AvgIpc) is 3.24. The molecule has 0 saturated carbocycles. The van der Waals surface area contributed by atoms with E-state index >= 15 is 0 Å². The Balaban J connectivity index is 2.21. The van der Waals surface area contributed by atoms with Crippen LogP contribution >= 0.6 is 0 Å². The van der Waals surface area contributed by atoms with E-state index in [4.69, 9.17) is 9.47 Å². The molecule has 0 aromatic carbocycles. The second kappa shape index (κ2) is 13.5. The number of esters is 1. The summed E-state index contributed by atoms with van der Waals surface area (Å²) in [7, 11) is 0. The number of ether oxygens (including phenoxy) is 2. The standard InChI is InChI=1S/C25H41N3O6/c1-5-33-23(31)19-15-12-10-8-6-7-9-11-14-18(27-24(32)34-25(2,3)4)22(30)28-17-13-16-20(28)21(29)26-19/h8,10,18-20H,5-7,9,11-17H2,1-4H3,(H,26,29)(H,27,32)/q+1. The number of hydrogen-bond acceptors (Lipinski definition) is 6. The normalized spacial score (nSPS) is 25.8. The predicted octanol–water partition coefficient (Wildman–Crippen LogP) is 3.06. The van der Waals surface area contributed by atoms with E-state index in [1.807, 2.05) is 6.08 Å². The van der Waals surface area contributed by atoms with Crippen molar-refractivity contribution < 1.29 is 28.7 Å². The van der Waals surface area contributed by atoms with Crippen molar-refractivity contribution in [2.24, 2.45) is 0 Å². The number of amides is 3. The molecule has 3 atom stereocenters. The molecule has 9 heteroatoms. The average molecular weight is 480 g/mol. The summed E-state index contributed by atoms with van der Waals surface area (Å²) in [5, 5.41) is 5.54. The lowest BCUT2D eigenvalue weighted by Crippen LogP contribution is -2.58. The van der Waals surface area contributed by atoms with Gasteiger partial charge in [-0.3, -0.25) is 4.79 Å². The van der Waals surface area contributed by atoms with Gasteiger partial charge in [0.1, 0.15) is 18.2 Å². The van der Waals surface area contributed by atoms with Gasteiger partial charge in [0.2, 0.25) is 6.04 Å². The van der Waals surface area contributed by atoms with Crippen LogP contribution < -0.4 is 15.5 Å². The van der Waals surface area contributed by atoms with Gasteiger partial charge in [-0.05, 0) is 59.8 Å². The fourth-order valence-electron chi connectivity index (χ4n) is 4.26. The lowest BCUT2D eigenvalue weighted by Gasteiger charge is -2.24. The van der Waals surface area contributed by atoms with Crippen LogP contribution in [0.3, 0.4) is 0 Å². The largest absolute Gasteiger partial charge is 0.464 e. The van der Waals surface area contributed by atoms with Crippen LogP contribution in [0.1, 0.15) is 85.5 Å². The third-order valence-corrected chi connectivity index (χ3v) is 5.87. The first-order valence-electron chi connectivity index (χ1n) is 12.5. The number of rotatable bonds is 3. The zero-order valence-corrected chi connectivity index (χ0v) is 21.1. The molecule has 0 aliphatic carbocycles. The quantitative estimate of drug-likeness (QED) is 0.365. The van der Waals surface area contributed by atoms with E-state index in [1.165, 1.54) is 4.90 Å². The molecule has 1 radical (unpaired) electrons. The van der Waals surface area contributed by atoms with Crippen LogP contribution in [-0.2, 0) is 23.9 Å². The fourth-order valence-corrected chi connectivity index (χ4v) is 4.26. The highest BCUT2D eigenvalue weighted by molar-refractivity contribution is 5.95. The van der Waals surface area contributed by atoms with Crippen molar-refractivity contribution >= 4 is 23.9 Å². The molecule has 9 nitrogen and oxygen atoms in total. The first-order chi connectivity index (χ1) is 16.1. The van der Waals surface area contributed by atoms with Crippen molar-refractivity contribution in [3.63, 3.8) is 0 Å². The third-order valence-electron chi connectivity index (χ3n) is 5.87. The highest BCUT2D eigenvalue weighted by Gasteiger charge is 2.48. The van der Waals surface area contributed by atoms with Gasteiger partial charge in [0.05, 0.1) is 6.61 Å². The van der Waals surface area contributed by atoms with Gasteiger partial charge < -0.3 is 20.1 Å². The molecule has 34 heavy (non-hydrogen) atoms. The van der Waals surface area contributed by atoms with E-state index in [9.17, 15) is 19.2 Å². The van der Waals surface area contributed by atoms with Crippen LogP contribution in [0.4, 0.5) is 4.79 Å². The predicted molar refractivity (Wildman–Crippen MR) is 128 cm³/mol. The maximum atomic E-state index is 13.5. The van der Waals surface area contributed by atoms with E-state index in [1.54, 1.807) is 27.7 Å². The summed E-state index contributed by atoms with van der Waals surface area (Å²) in [6.45, 7) is 7.68. The van der Waals surface area contributed by atoms with Crippen molar-refractivity contribution in [3.05, 3.63) is 12.2 Å². The molecule has 2 aliphatic rings. The SMILES string of the molecule is CCOC(=O)C1CCC=CCCCCCC(NC(=O)OC(C)(C)C)C(=O)[N+]2CCCC2C(=O)N1. The lowest BCUT2D eigenvalue weighted by atomic mass is 10.0. The van der Waals surface area contributed by atoms with Crippen LogP contribution in [0, 0.1) is 0 Å². The lowest BCUT2D eigenvalue weighted by molar-refractivity contribution is -0.148. The number of nitrogens with one attached hydrogen (secondary N) is 2. The van der Waals surface area contributed by atoms with E-state index in [-0.39, 0.29) is 18.4 Å². The van der Waals surface area contributed by atoms with Crippen molar-refractivity contribution in [2.75, 3.05) is 13.2 Å². The number of alkyl carbamates (subject to hydrolysis) is 1. The maximum absolute atomic E-state index is 13.5. The summed E-state index contributed by atoms with van der Waals surface area (Å²) in [6, 6.07) is -2.22. The molecule has 2 heterocycles. The molecule has 1 saturated heterocycles. The monoisotopic (exact) mass is 479 g/mol. The number of hydrogen-bond donors (Lipinski definition) is 2. The van der Waals surface area contributed by atoms with Gasteiger partial charge in [0.15, 0.2) is 6.04 Å². The van der Waals surface area contributed by atoms with E-state index in [0.29, 0.717) is 38.6 Å². The van der Waals surface area contributed by atoms with Gasteiger partial charge >= 0.3 is 18.0 Å². The van der Waals surface area contributed by atoms with E-state index < -0.39 is 35.8 Å². The summed E-state index contributed by atoms with van der Waals surface area (Å²) >= 11 is 0. The number of allylic oxidation sites excluding steroid dienone is 2. The number of carbonyl (C=O) groups is 4. The fraction of sp³-hybridized carbons (Fsp3) is 0.760. The van der Waals surface area contributed by atoms with Crippen LogP contribution in [-0.4, -0.2) is 60.8 Å². The summed E-state index contributed by atoms with van der Waals surface area (Å²) in [4.78, 5) is 53.0. The zero-order chi connectivity index (χ0) is 25.1. The van der Waals surface area contributed by atoms with Gasteiger partial charge in [-0.25, -0.2) is 14.4 Å². The second-order valence-electron chi connectivity index (χ2n) is 9.89. The number of carbonyl (C=O) groups excluding carboxylic acids is 4. The molecule has 3 unspecified atom stereocenters. The minimum absolute atomic E-state index is 0.229. The number of nitrogens with zero attached hydrogens (tertiary/aromatic N) is 1. The highest BCUT2D eigenvalue weighted by Crippen LogP contribution is 2.19. The van der Waals surface area contributed by atoms with Crippen molar-refractivity contribution in [1.29, 1.82) is 0 Å². The van der Waals surface area contributed by atoms with Crippen LogP contribution in [0.2, 0.25) is 0 Å². The first kappa shape index (κ1) is 27.8. The minimum Gasteiger partial charge on any atom is -0.464 e. The molecule has 0 spiro atoms. The zero-order valence-electron chi connectivity index (χ0n) is 21.1. The smallest absolute Gasteiger partial charge is 0.408 e. The Labute approximate surface area is 203 Å². The first-order valence-corrected chi connectivity index (χ1v) is 12.5. The molecular formula is C25H41N3O6+. The molecule has 2 N–H and O–H groups in total. The van der Waals surface area contributed by atoms with E-state index in [0.717, 1.165) is 25.7 Å². The molecule has 191 valence electrons. The van der Waals surface area contributed by atoms with Gasteiger partial charge in [0, 0.05) is 12.8 Å². The Morgan fingerprint density at radius 3 is 2.50 bits per heavy atom. The van der Waals surface area contributed by atoms with Crippen molar-refractivity contribution in [1.82, 2.24) is 15.5 Å². The van der Waals surface area contributed by atoms with Crippen molar-refractivity contribution in [2.45, 2.75) is 109 Å². The van der Waals surface area contributed by atoms with Crippen LogP contribution in [0.5, 0.6) is 0 Å². The topological polar surface area (TPSA) is 117 Å². The van der Waals surface area contributed by atoms with E-state index in [2.05, 4.69) is 16.7 Å². The van der Waals surface area contributed by atoms with Gasteiger partial charge in [0.25, 0.3) is 5.91 Å². The molecule has 0 bridgehead atoms. The third kappa shape index (κ3) is 9.08.